The maximum absolute atomic E-state index is 13.8. The van der Waals surface area contributed by atoms with Gasteiger partial charge in [-0.2, -0.15) is 5.10 Å². The summed E-state index contributed by atoms with van der Waals surface area (Å²) in [6.45, 7) is 0. The zero-order valence-electron chi connectivity index (χ0n) is 14.7. The summed E-state index contributed by atoms with van der Waals surface area (Å²) in [7, 11) is 0. The lowest BCUT2D eigenvalue weighted by Gasteiger charge is -2.32. The topological polar surface area (TPSA) is 115 Å². The van der Waals surface area contributed by atoms with Gasteiger partial charge in [0.05, 0.1) is 5.92 Å². The quantitative estimate of drug-likeness (QED) is 0.654. The van der Waals surface area contributed by atoms with Gasteiger partial charge in [-0.05, 0) is 37.8 Å². The van der Waals surface area contributed by atoms with Crippen molar-refractivity contribution >= 4 is 29.8 Å². The van der Waals surface area contributed by atoms with Crippen molar-refractivity contribution in [3.8, 4) is 0 Å². The summed E-state index contributed by atoms with van der Waals surface area (Å²) >= 11 is 0. The van der Waals surface area contributed by atoms with E-state index in [1.54, 1.807) is 0 Å². The van der Waals surface area contributed by atoms with Crippen molar-refractivity contribution in [1.29, 1.82) is 0 Å². The second-order valence-corrected chi connectivity index (χ2v) is 6.53. The monoisotopic (exact) mass is 392 g/mol. The van der Waals surface area contributed by atoms with Crippen LogP contribution in [0.2, 0.25) is 0 Å². The number of carboxylic acids is 1. The van der Waals surface area contributed by atoms with Gasteiger partial charge < -0.3 is 10.4 Å². The van der Waals surface area contributed by atoms with Gasteiger partial charge >= 0.3 is 5.97 Å². The number of amides is 2. The molecule has 1 saturated carbocycles. The molecule has 0 radical (unpaired) electrons. The first-order valence-electron chi connectivity index (χ1n) is 8.68. The number of carbonyl (C=O) groups is 3. The molecule has 3 N–H and O–H groups in total. The lowest BCUT2D eigenvalue weighted by Crippen LogP contribution is -2.39. The van der Waals surface area contributed by atoms with Crippen molar-refractivity contribution in [2.24, 2.45) is 5.92 Å². The Hall–Kier alpha value is -3.30. The van der Waals surface area contributed by atoms with E-state index < -0.39 is 35.0 Å². The van der Waals surface area contributed by atoms with Crippen LogP contribution < -0.4 is 10.2 Å². The molecule has 10 heteroatoms. The normalized spacial score (nSPS) is 19.1. The molecule has 2 aromatic rings. The molecule has 1 fully saturated rings. The van der Waals surface area contributed by atoms with Crippen molar-refractivity contribution in [1.82, 2.24) is 10.2 Å². The Morgan fingerprint density at radius 2 is 1.86 bits per heavy atom. The molecular weight excluding hydrogens is 374 g/mol. The Labute approximate surface area is 158 Å². The Bertz CT molecular complexity index is 873. The fraction of sp³-hybridized carbons (Fsp3) is 0.333. The molecule has 3 rings (SSSR count). The first-order valence-corrected chi connectivity index (χ1v) is 8.68. The number of hydrogen-bond acceptors (Lipinski definition) is 4. The molecule has 28 heavy (non-hydrogen) atoms. The number of H-pyrrole nitrogens is 1. The molecule has 0 atom stereocenters. The number of nitrogens with one attached hydrogen (secondary N) is 2. The first kappa shape index (κ1) is 19.5. The molecule has 8 nitrogen and oxygen atoms in total. The molecule has 1 aliphatic carbocycles. The number of benzene rings is 1. The molecule has 148 valence electrons. The second-order valence-electron chi connectivity index (χ2n) is 6.53. The molecule has 0 saturated heterocycles. The van der Waals surface area contributed by atoms with Crippen LogP contribution in [0.1, 0.15) is 36.0 Å². The van der Waals surface area contributed by atoms with Gasteiger partial charge in [0.2, 0.25) is 6.41 Å². The Kier molecular flexibility index (Phi) is 5.67. The number of carboxylic acid groups (broad SMARTS) is 1. The number of halogens is 2. The molecule has 0 aliphatic heterocycles. The highest BCUT2D eigenvalue weighted by molar-refractivity contribution is 6.06. The fourth-order valence-electron chi connectivity index (χ4n) is 3.38. The summed E-state index contributed by atoms with van der Waals surface area (Å²) in [6.07, 6.45) is 3.58. The number of anilines is 2. The lowest BCUT2D eigenvalue weighted by atomic mass is 9.85. The van der Waals surface area contributed by atoms with Crippen molar-refractivity contribution in [2.45, 2.75) is 31.7 Å². The second kappa shape index (κ2) is 8.15. The van der Waals surface area contributed by atoms with Crippen LogP contribution in [0.3, 0.4) is 0 Å². The molecule has 0 spiro atoms. The highest BCUT2D eigenvalue weighted by atomic mass is 19.1. The minimum Gasteiger partial charge on any atom is -0.481 e. The van der Waals surface area contributed by atoms with Crippen LogP contribution in [0.15, 0.2) is 24.4 Å². The molecule has 0 bridgehead atoms. The average Bonchev–Trinajstić information content (AvgIpc) is 3.10. The Morgan fingerprint density at radius 1 is 1.21 bits per heavy atom. The average molecular weight is 392 g/mol. The van der Waals surface area contributed by atoms with Gasteiger partial charge in [0, 0.05) is 12.2 Å². The molecule has 1 aromatic heterocycles. The lowest BCUT2D eigenvalue weighted by molar-refractivity contribution is -0.142. The zero-order chi connectivity index (χ0) is 20.3. The van der Waals surface area contributed by atoms with Crippen LogP contribution in [0, 0.1) is 17.6 Å². The summed E-state index contributed by atoms with van der Waals surface area (Å²) in [4.78, 5) is 36.3. The van der Waals surface area contributed by atoms with E-state index in [1.165, 1.54) is 11.1 Å². The third-order valence-electron chi connectivity index (χ3n) is 4.86. The van der Waals surface area contributed by atoms with Crippen LogP contribution in [-0.2, 0) is 9.59 Å². The number of rotatable bonds is 6. The molecule has 1 aromatic carbocycles. The summed E-state index contributed by atoms with van der Waals surface area (Å²) in [6, 6.07) is 2.78. The van der Waals surface area contributed by atoms with E-state index in [-0.39, 0.29) is 17.5 Å². The van der Waals surface area contributed by atoms with E-state index >= 15 is 0 Å². The van der Waals surface area contributed by atoms with E-state index in [1.807, 2.05) is 0 Å². The van der Waals surface area contributed by atoms with E-state index in [0.29, 0.717) is 32.1 Å². The predicted octanol–water partition coefficient (Wildman–Crippen LogP) is 2.55. The summed E-state index contributed by atoms with van der Waals surface area (Å²) < 4.78 is 27.6. The van der Waals surface area contributed by atoms with Gasteiger partial charge in [0.1, 0.15) is 22.9 Å². The smallest absolute Gasteiger partial charge is 0.306 e. The largest absolute Gasteiger partial charge is 0.481 e. The fourth-order valence-corrected chi connectivity index (χ4v) is 3.38. The molecule has 0 unspecified atom stereocenters. The minimum absolute atomic E-state index is 0.0834. The third kappa shape index (κ3) is 3.85. The summed E-state index contributed by atoms with van der Waals surface area (Å²) in [5, 5.41) is 17.9. The van der Waals surface area contributed by atoms with Crippen LogP contribution in [-0.4, -0.2) is 39.6 Å². The van der Waals surface area contributed by atoms with Crippen molar-refractivity contribution < 1.29 is 28.3 Å². The maximum atomic E-state index is 13.8. The van der Waals surface area contributed by atoms with E-state index in [2.05, 4.69) is 15.5 Å². The number of aromatic amines is 1. The number of nitrogens with zero attached hydrogens (tertiary/aromatic N) is 2. The standard InChI is InChI=1S/C18H18F2N4O4/c19-12-2-1-3-13(20)15(12)17(26)22-14-8-21-23-16(14)24(9-25)11-6-4-10(5-7-11)18(27)28/h1-3,8-11H,4-7H2,(H,21,23)(H,22,26)(H,27,28). The van der Waals surface area contributed by atoms with Crippen LogP contribution in [0.25, 0.3) is 0 Å². The van der Waals surface area contributed by atoms with Gasteiger partial charge in [0.25, 0.3) is 5.91 Å². The van der Waals surface area contributed by atoms with Gasteiger partial charge in [-0.25, -0.2) is 8.78 Å². The highest BCUT2D eigenvalue weighted by Crippen LogP contribution is 2.32. The van der Waals surface area contributed by atoms with Crippen LogP contribution in [0.4, 0.5) is 20.3 Å². The molecule has 2 amide bonds. The highest BCUT2D eigenvalue weighted by Gasteiger charge is 2.31. The van der Waals surface area contributed by atoms with E-state index in [0.717, 1.165) is 18.2 Å². The maximum Gasteiger partial charge on any atom is 0.306 e. The Balaban J connectivity index is 1.78. The predicted molar refractivity (Wildman–Crippen MR) is 94.8 cm³/mol. The van der Waals surface area contributed by atoms with Crippen LogP contribution >= 0.6 is 0 Å². The van der Waals surface area contributed by atoms with E-state index in [4.69, 9.17) is 5.11 Å². The van der Waals surface area contributed by atoms with Crippen molar-refractivity contribution in [3.05, 3.63) is 41.6 Å². The van der Waals surface area contributed by atoms with Crippen molar-refractivity contribution in [3.63, 3.8) is 0 Å². The number of aliphatic carboxylic acids is 1. The summed E-state index contributed by atoms with van der Waals surface area (Å²) in [5.74, 6) is -4.26. The number of aromatic nitrogens is 2. The Morgan fingerprint density at radius 3 is 2.43 bits per heavy atom. The number of hydrogen-bond donors (Lipinski definition) is 3. The third-order valence-corrected chi connectivity index (χ3v) is 4.86. The summed E-state index contributed by atoms with van der Waals surface area (Å²) in [5.41, 5.74) is -0.658. The van der Waals surface area contributed by atoms with Crippen molar-refractivity contribution in [2.75, 3.05) is 10.2 Å². The molecule has 1 aliphatic rings. The van der Waals surface area contributed by atoms with Crippen LogP contribution in [0.5, 0.6) is 0 Å². The first-order chi connectivity index (χ1) is 13.4. The van der Waals surface area contributed by atoms with Gasteiger partial charge in [0.15, 0.2) is 5.82 Å². The van der Waals surface area contributed by atoms with Gasteiger partial charge in [-0.1, -0.05) is 6.07 Å². The SMILES string of the molecule is O=CN(c1n[nH]cc1NC(=O)c1c(F)cccc1F)C1CCC(C(=O)O)CC1. The van der Waals surface area contributed by atoms with Gasteiger partial charge in [-0.15, -0.1) is 0 Å². The zero-order valence-corrected chi connectivity index (χ0v) is 14.7. The molecular formula is C18H18F2N4O4. The number of carbonyl (C=O) groups excluding carboxylic acids is 2. The van der Waals surface area contributed by atoms with E-state index in [9.17, 15) is 23.2 Å². The minimum atomic E-state index is -1.02. The van der Waals surface area contributed by atoms with Gasteiger partial charge in [-0.3, -0.25) is 24.4 Å². The molecule has 1 heterocycles.